The number of halogens is 3. The third-order valence-corrected chi connectivity index (χ3v) is 7.49. The molecule has 11 heteroatoms. The van der Waals surface area contributed by atoms with Crippen molar-refractivity contribution in [2.45, 2.75) is 83.9 Å². The van der Waals surface area contributed by atoms with E-state index in [-0.39, 0.29) is 36.5 Å². The maximum absolute atomic E-state index is 13.6. The number of ether oxygens (including phenoxy) is 1. The number of hydrogen-bond acceptors (Lipinski definition) is 5. The number of alkyl carbamates (subject to hydrolysis) is 1. The van der Waals surface area contributed by atoms with Crippen LogP contribution in [0.5, 0.6) is 0 Å². The van der Waals surface area contributed by atoms with Gasteiger partial charge in [-0.3, -0.25) is 14.5 Å². The molecule has 3 heterocycles. The number of carbonyl (C=O) groups excluding carboxylic acids is 3. The van der Waals surface area contributed by atoms with Crippen molar-refractivity contribution in [3.05, 3.63) is 47.2 Å². The number of rotatable bonds is 6. The van der Waals surface area contributed by atoms with Crippen LogP contribution in [0.25, 0.3) is 0 Å². The average Bonchev–Trinajstić information content (AvgIpc) is 3.47. The molecule has 4 rings (SSSR count). The van der Waals surface area contributed by atoms with Crippen molar-refractivity contribution in [3.63, 3.8) is 0 Å². The Balaban J connectivity index is 1.51. The Morgan fingerprint density at radius 1 is 1.15 bits per heavy atom. The lowest BCUT2D eigenvalue weighted by molar-refractivity contribution is -0.142. The highest BCUT2D eigenvalue weighted by atomic mass is 19.4. The van der Waals surface area contributed by atoms with Gasteiger partial charge in [0, 0.05) is 31.4 Å². The molecule has 0 saturated carbocycles. The van der Waals surface area contributed by atoms with E-state index >= 15 is 0 Å². The fourth-order valence-corrected chi connectivity index (χ4v) is 5.87. The Labute approximate surface area is 227 Å². The summed E-state index contributed by atoms with van der Waals surface area (Å²) in [5.41, 5.74) is -0.925. The largest absolute Gasteiger partial charge is 0.444 e. The van der Waals surface area contributed by atoms with E-state index in [1.165, 1.54) is 23.1 Å². The topological polar surface area (TPSA) is 82.2 Å². The zero-order chi connectivity index (χ0) is 28.9. The summed E-state index contributed by atoms with van der Waals surface area (Å²) in [6.07, 6.45) is -2.69. The van der Waals surface area contributed by atoms with Crippen LogP contribution in [0, 0.1) is 5.92 Å². The van der Waals surface area contributed by atoms with Crippen LogP contribution in [0.3, 0.4) is 0 Å². The number of piperazine rings is 1. The highest BCUT2D eigenvalue weighted by Crippen LogP contribution is 2.41. The molecule has 3 amide bonds. The first-order valence-corrected chi connectivity index (χ1v) is 13.3. The quantitative estimate of drug-likeness (QED) is 0.571. The number of benzene rings is 1. The molecule has 2 bridgehead atoms. The Bertz CT molecular complexity index is 1160. The van der Waals surface area contributed by atoms with Gasteiger partial charge in [0.05, 0.1) is 11.6 Å². The van der Waals surface area contributed by atoms with Crippen LogP contribution in [-0.4, -0.2) is 76.0 Å². The standard InChI is InChI=1S/C28H37F3N4O4/c1-16-11-17(2)34(13-16)24(36)22(32-26(38)39-27(4,5)6)15-33-14-19-12-23(33)25(37)35(19)18(3)20-9-7-8-10-21(20)28(29,30)31/h7-10,12,16-18,22-23H,11,13-15H2,1-6H3,(H,32,38)/t16?,17-,18+,22+,23+/m1/s1. The number of carbonyl (C=O) groups is 3. The van der Waals surface area contributed by atoms with E-state index in [1.807, 2.05) is 6.92 Å². The molecule has 1 fully saturated rings. The van der Waals surface area contributed by atoms with Gasteiger partial charge in [0.15, 0.2) is 0 Å². The molecule has 8 nitrogen and oxygen atoms in total. The average molecular weight is 551 g/mol. The molecule has 1 N–H and O–H groups in total. The molecule has 0 aliphatic carbocycles. The van der Waals surface area contributed by atoms with Crippen molar-refractivity contribution in [1.29, 1.82) is 0 Å². The Morgan fingerprint density at radius 3 is 2.38 bits per heavy atom. The van der Waals surface area contributed by atoms with Crippen LogP contribution in [0.2, 0.25) is 0 Å². The lowest BCUT2D eigenvalue weighted by Gasteiger charge is -2.39. The number of alkyl halides is 3. The van der Waals surface area contributed by atoms with E-state index in [2.05, 4.69) is 12.2 Å². The first-order chi connectivity index (χ1) is 18.1. The molecule has 39 heavy (non-hydrogen) atoms. The molecular weight excluding hydrogens is 513 g/mol. The second kappa shape index (κ2) is 10.5. The Kier molecular flexibility index (Phi) is 7.77. The molecule has 214 valence electrons. The zero-order valence-electron chi connectivity index (χ0n) is 23.2. The molecule has 3 aliphatic heterocycles. The summed E-state index contributed by atoms with van der Waals surface area (Å²) in [6, 6.07) is 2.77. The summed E-state index contributed by atoms with van der Waals surface area (Å²) in [5.74, 6) is -0.274. The Hall–Kier alpha value is -3.08. The van der Waals surface area contributed by atoms with Gasteiger partial charge in [0.2, 0.25) is 11.8 Å². The van der Waals surface area contributed by atoms with Crippen LogP contribution >= 0.6 is 0 Å². The van der Waals surface area contributed by atoms with E-state index in [9.17, 15) is 27.6 Å². The van der Waals surface area contributed by atoms with Gasteiger partial charge in [-0.05, 0) is 64.7 Å². The summed E-state index contributed by atoms with van der Waals surface area (Å²) >= 11 is 0. The third-order valence-electron chi connectivity index (χ3n) is 7.49. The first kappa shape index (κ1) is 28.9. The van der Waals surface area contributed by atoms with Gasteiger partial charge in [0.1, 0.15) is 17.7 Å². The van der Waals surface area contributed by atoms with Crippen LogP contribution in [-0.2, 0) is 20.5 Å². The highest BCUT2D eigenvalue weighted by molar-refractivity contribution is 5.91. The lowest BCUT2D eigenvalue weighted by atomic mass is 9.99. The summed E-state index contributed by atoms with van der Waals surface area (Å²) in [5, 5.41) is 2.70. The number of amides is 3. The summed E-state index contributed by atoms with van der Waals surface area (Å²) in [4.78, 5) is 44.6. The van der Waals surface area contributed by atoms with Crippen LogP contribution in [0.15, 0.2) is 36.0 Å². The van der Waals surface area contributed by atoms with Gasteiger partial charge >= 0.3 is 12.3 Å². The van der Waals surface area contributed by atoms with Gasteiger partial charge in [-0.1, -0.05) is 25.1 Å². The van der Waals surface area contributed by atoms with Gasteiger partial charge in [-0.2, -0.15) is 13.2 Å². The minimum Gasteiger partial charge on any atom is -0.444 e. The molecule has 3 aliphatic rings. The summed E-state index contributed by atoms with van der Waals surface area (Å²) < 4.78 is 46.3. The van der Waals surface area contributed by atoms with E-state index in [1.54, 1.807) is 43.6 Å². The third kappa shape index (κ3) is 6.08. The fraction of sp³-hybridized carbons (Fsp3) is 0.607. The van der Waals surface area contributed by atoms with Crippen molar-refractivity contribution in [2.24, 2.45) is 5.92 Å². The zero-order valence-corrected chi connectivity index (χ0v) is 23.2. The minimum absolute atomic E-state index is 0.0121. The fourth-order valence-electron chi connectivity index (χ4n) is 5.87. The van der Waals surface area contributed by atoms with Gasteiger partial charge in [-0.15, -0.1) is 0 Å². The maximum atomic E-state index is 13.6. The van der Waals surface area contributed by atoms with Crippen molar-refractivity contribution in [2.75, 3.05) is 19.6 Å². The van der Waals surface area contributed by atoms with Crippen LogP contribution in [0.1, 0.15) is 65.1 Å². The highest BCUT2D eigenvalue weighted by Gasteiger charge is 2.48. The van der Waals surface area contributed by atoms with E-state index in [0.717, 1.165) is 12.5 Å². The lowest BCUT2D eigenvalue weighted by Crippen LogP contribution is -2.58. The molecule has 1 aromatic carbocycles. The molecule has 0 spiro atoms. The first-order valence-electron chi connectivity index (χ1n) is 13.3. The smallest absolute Gasteiger partial charge is 0.416 e. The molecule has 1 saturated heterocycles. The van der Waals surface area contributed by atoms with Crippen molar-refractivity contribution in [1.82, 2.24) is 20.0 Å². The number of nitrogens with zero attached hydrogens (tertiary/aromatic N) is 3. The number of fused-ring (bicyclic) bond motifs is 1. The maximum Gasteiger partial charge on any atom is 0.416 e. The van der Waals surface area contributed by atoms with Crippen molar-refractivity contribution in [3.8, 4) is 0 Å². The second-order valence-corrected chi connectivity index (χ2v) is 11.9. The van der Waals surface area contributed by atoms with Gasteiger partial charge < -0.3 is 19.9 Å². The van der Waals surface area contributed by atoms with E-state index < -0.39 is 41.6 Å². The van der Waals surface area contributed by atoms with Crippen molar-refractivity contribution >= 4 is 17.9 Å². The number of nitrogens with one attached hydrogen (secondary N) is 1. The predicted octanol–water partition coefficient (Wildman–Crippen LogP) is 4.33. The second-order valence-electron chi connectivity index (χ2n) is 11.9. The number of hydrogen-bond donors (Lipinski definition) is 1. The van der Waals surface area contributed by atoms with Crippen LogP contribution in [0.4, 0.5) is 18.0 Å². The molecule has 0 radical (unpaired) electrons. The van der Waals surface area contributed by atoms with E-state index in [4.69, 9.17) is 4.74 Å². The molecular formula is C28H37F3N4O4. The number of likely N-dealkylation sites (tertiary alicyclic amines) is 1. The van der Waals surface area contributed by atoms with Crippen LogP contribution < -0.4 is 5.32 Å². The normalized spacial score (nSPS) is 25.1. The SMILES string of the molecule is CC1C[C@@H](C)N(C(=O)[C@H](CN2CC3=C[C@H]2C(=O)N3[C@@H](C)c2ccccc2C(F)(F)F)NC(=O)OC(C)(C)C)C1. The van der Waals surface area contributed by atoms with Crippen molar-refractivity contribution < 1.29 is 32.3 Å². The summed E-state index contributed by atoms with van der Waals surface area (Å²) in [7, 11) is 0. The summed E-state index contributed by atoms with van der Waals surface area (Å²) in [6.45, 7) is 11.7. The van der Waals surface area contributed by atoms with Gasteiger partial charge in [-0.25, -0.2) is 4.79 Å². The molecule has 1 unspecified atom stereocenters. The monoisotopic (exact) mass is 550 g/mol. The minimum atomic E-state index is -4.54. The Morgan fingerprint density at radius 2 is 1.82 bits per heavy atom. The van der Waals surface area contributed by atoms with E-state index in [0.29, 0.717) is 18.2 Å². The molecule has 1 aromatic rings. The van der Waals surface area contributed by atoms with Gasteiger partial charge in [0.25, 0.3) is 0 Å². The molecule has 5 atom stereocenters. The molecule has 0 aromatic heterocycles. The predicted molar refractivity (Wildman–Crippen MR) is 138 cm³/mol.